The zero-order valence-corrected chi connectivity index (χ0v) is 11.5. The lowest BCUT2D eigenvalue weighted by atomic mass is 9.99. The summed E-state index contributed by atoms with van der Waals surface area (Å²) < 4.78 is 5.20. The molecule has 2 heteroatoms. The minimum absolute atomic E-state index is 0.0367. The Hall–Kier alpha value is -0.530. The maximum absolute atomic E-state index is 11.4. The van der Waals surface area contributed by atoms with E-state index in [4.69, 9.17) is 4.74 Å². The zero-order chi connectivity index (χ0) is 12.4. The normalized spacial score (nSPS) is 11.5. The molecule has 0 aromatic heterocycles. The number of hydrogen-bond donors (Lipinski definition) is 0. The third kappa shape index (κ3) is 11.5. The van der Waals surface area contributed by atoms with Crippen LogP contribution in [-0.2, 0) is 9.53 Å². The maximum Gasteiger partial charge on any atom is 0.305 e. The molecule has 0 aromatic rings. The van der Waals surface area contributed by atoms with E-state index in [1.807, 2.05) is 0 Å². The van der Waals surface area contributed by atoms with Crippen molar-refractivity contribution in [3.05, 3.63) is 0 Å². The molecule has 0 saturated carbocycles. The van der Waals surface area contributed by atoms with Crippen LogP contribution in [0.1, 0.15) is 72.6 Å². The minimum atomic E-state index is -0.0367. The average molecular weight is 228 g/mol. The van der Waals surface area contributed by atoms with Gasteiger partial charge in [0.05, 0.1) is 6.61 Å². The van der Waals surface area contributed by atoms with Crippen molar-refractivity contribution < 1.29 is 9.53 Å². The molecule has 0 heterocycles. The number of rotatable bonds is 8. The smallest absolute Gasteiger partial charge is 0.305 e. The van der Waals surface area contributed by atoms with E-state index in [9.17, 15) is 4.79 Å². The number of hydrogen-bond acceptors (Lipinski definition) is 2. The van der Waals surface area contributed by atoms with Gasteiger partial charge in [-0.05, 0) is 11.8 Å². The van der Waals surface area contributed by atoms with Crippen LogP contribution < -0.4 is 0 Å². The summed E-state index contributed by atoms with van der Waals surface area (Å²) in [6, 6.07) is 0. The number of carbonyl (C=O) groups is 1. The molecule has 0 amide bonds. The lowest BCUT2D eigenvalue weighted by molar-refractivity contribution is -0.146. The Kier molecular flexibility index (Phi) is 8.32. The Morgan fingerprint density at radius 2 is 1.56 bits per heavy atom. The Morgan fingerprint density at radius 1 is 1.00 bits per heavy atom. The fourth-order valence-electron chi connectivity index (χ4n) is 1.42. The summed E-state index contributed by atoms with van der Waals surface area (Å²) in [7, 11) is 0. The molecule has 0 bridgehead atoms. The quantitative estimate of drug-likeness (QED) is 0.456. The van der Waals surface area contributed by atoms with Crippen molar-refractivity contribution in [3.8, 4) is 0 Å². The number of esters is 1. The topological polar surface area (TPSA) is 26.3 Å². The molecule has 16 heavy (non-hydrogen) atoms. The number of carbonyl (C=O) groups excluding carboxylic acids is 1. The third-order valence-electron chi connectivity index (χ3n) is 2.40. The first kappa shape index (κ1) is 15.5. The van der Waals surface area contributed by atoms with Gasteiger partial charge in [-0.15, -0.1) is 0 Å². The zero-order valence-electron chi connectivity index (χ0n) is 11.5. The highest BCUT2D eigenvalue weighted by Gasteiger charge is 2.13. The van der Waals surface area contributed by atoms with Crippen LogP contribution in [0.3, 0.4) is 0 Å². The molecule has 0 saturated heterocycles. The lowest BCUT2D eigenvalue weighted by Gasteiger charge is -2.17. The summed E-state index contributed by atoms with van der Waals surface area (Å²) >= 11 is 0. The van der Waals surface area contributed by atoms with E-state index >= 15 is 0 Å². The highest BCUT2D eigenvalue weighted by atomic mass is 16.5. The van der Waals surface area contributed by atoms with Gasteiger partial charge >= 0.3 is 5.97 Å². The lowest BCUT2D eigenvalue weighted by Crippen LogP contribution is -2.18. The highest BCUT2D eigenvalue weighted by Crippen LogP contribution is 2.14. The van der Waals surface area contributed by atoms with Crippen LogP contribution in [0, 0.1) is 5.41 Å². The fraction of sp³-hybridized carbons (Fsp3) is 0.929. The number of ether oxygens (including phenoxy) is 1. The van der Waals surface area contributed by atoms with Crippen molar-refractivity contribution in [2.24, 2.45) is 5.41 Å². The molecule has 0 aliphatic rings. The van der Waals surface area contributed by atoms with Gasteiger partial charge in [-0.2, -0.15) is 0 Å². The standard InChI is InChI=1S/C14H28O2/c1-5-6-7-8-9-10-11-13(15)16-12-14(2,3)4/h5-12H2,1-4H3. The van der Waals surface area contributed by atoms with E-state index in [0.29, 0.717) is 13.0 Å². The van der Waals surface area contributed by atoms with Crippen molar-refractivity contribution in [2.45, 2.75) is 72.6 Å². The van der Waals surface area contributed by atoms with Gasteiger partial charge in [0.15, 0.2) is 0 Å². The van der Waals surface area contributed by atoms with Gasteiger partial charge in [-0.1, -0.05) is 59.8 Å². The van der Waals surface area contributed by atoms with E-state index in [0.717, 1.165) is 12.8 Å². The molecule has 0 spiro atoms. The van der Waals surface area contributed by atoms with Crippen molar-refractivity contribution in [3.63, 3.8) is 0 Å². The first-order valence-electron chi connectivity index (χ1n) is 6.61. The summed E-state index contributed by atoms with van der Waals surface area (Å²) in [5.74, 6) is -0.0367. The molecular weight excluding hydrogens is 200 g/mol. The van der Waals surface area contributed by atoms with Crippen molar-refractivity contribution in [2.75, 3.05) is 6.61 Å². The monoisotopic (exact) mass is 228 g/mol. The van der Waals surface area contributed by atoms with E-state index in [2.05, 4.69) is 27.7 Å². The van der Waals surface area contributed by atoms with Gasteiger partial charge in [-0.25, -0.2) is 0 Å². The van der Waals surface area contributed by atoms with Crippen LogP contribution in [0.5, 0.6) is 0 Å². The minimum Gasteiger partial charge on any atom is -0.465 e. The molecule has 0 aliphatic heterocycles. The van der Waals surface area contributed by atoms with Gasteiger partial charge in [0.1, 0.15) is 0 Å². The van der Waals surface area contributed by atoms with Crippen molar-refractivity contribution >= 4 is 5.97 Å². The second kappa shape index (κ2) is 8.60. The average Bonchev–Trinajstić information content (AvgIpc) is 2.19. The van der Waals surface area contributed by atoms with E-state index in [1.165, 1.54) is 25.7 Å². The molecule has 0 fully saturated rings. The molecular formula is C14H28O2. The van der Waals surface area contributed by atoms with Gasteiger partial charge in [0.25, 0.3) is 0 Å². The number of unbranched alkanes of at least 4 members (excludes halogenated alkanes) is 5. The van der Waals surface area contributed by atoms with E-state index in [1.54, 1.807) is 0 Å². The summed E-state index contributed by atoms with van der Waals surface area (Å²) in [6.07, 6.45) is 7.86. The van der Waals surface area contributed by atoms with Crippen LogP contribution in [0.15, 0.2) is 0 Å². The first-order valence-corrected chi connectivity index (χ1v) is 6.61. The maximum atomic E-state index is 11.4. The molecule has 0 atom stereocenters. The molecule has 0 aromatic carbocycles. The molecule has 0 radical (unpaired) electrons. The SMILES string of the molecule is CCCCCCCCC(=O)OCC(C)(C)C. The van der Waals surface area contributed by atoms with Crippen LogP contribution in [0.4, 0.5) is 0 Å². The van der Waals surface area contributed by atoms with Gasteiger partial charge < -0.3 is 4.74 Å². The highest BCUT2D eigenvalue weighted by molar-refractivity contribution is 5.69. The predicted molar refractivity (Wildman–Crippen MR) is 68.4 cm³/mol. The van der Waals surface area contributed by atoms with Crippen LogP contribution in [-0.4, -0.2) is 12.6 Å². The molecule has 0 N–H and O–H groups in total. The molecule has 0 unspecified atom stereocenters. The molecule has 0 rings (SSSR count). The first-order chi connectivity index (χ1) is 7.45. The summed E-state index contributed by atoms with van der Waals surface area (Å²) in [5.41, 5.74) is 0.0801. The second-order valence-electron chi connectivity index (χ2n) is 5.74. The van der Waals surface area contributed by atoms with Crippen molar-refractivity contribution in [1.82, 2.24) is 0 Å². The third-order valence-corrected chi connectivity index (χ3v) is 2.40. The van der Waals surface area contributed by atoms with Crippen LogP contribution in [0.2, 0.25) is 0 Å². The molecule has 96 valence electrons. The van der Waals surface area contributed by atoms with E-state index < -0.39 is 0 Å². The Labute approximate surface area is 101 Å². The van der Waals surface area contributed by atoms with Gasteiger partial charge in [0.2, 0.25) is 0 Å². The Bertz CT molecular complexity index is 180. The van der Waals surface area contributed by atoms with Gasteiger partial charge in [-0.3, -0.25) is 4.79 Å². The van der Waals surface area contributed by atoms with Crippen LogP contribution in [0.25, 0.3) is 0 Å². The molecule has 2 nitrogen and oxygen atoms in total. The largest absolute Gasteiger partial charge is 0.465 e. The van der Waals surface area contributed by atoms with Crippen LogP contribution >= 0.6 is 0 Å². The summed E-state index contributed by atoms with van der Waals surface area (Å²) in [6.45, 7) is 8.96. The van der Waals surface area contributed by atoms with Gasteiger partial charge in [0, 0.05) is 6.42 Å². The predicted octanol–water partition coefficient (Wildman–Crippen LogP) is 4.33. The molecule has 0 aliphatic carbocycles. The second-order valence-corrected chi connectivity index (χ2v) is 5.74. The Balaban J connectivity index is 3.31. The fourth-order valence-corrected chi connectivity index (χ4v) is 1.42. The van der Waals surface area contributed by atoms with E-state index in [-0.39, 0.29) is 11.4 Å². The summed E-state index contributed by atoms with van der Waals surface area (Å²) in [5, 5.41) is 0. The van der Waals surface area contributed by atoms with Crippen molar-refractivity contribution in [1.29, 1.82) is 0 Å². The summed E-state index contributed by atoms with van der Waals surface area (Å²) in [4.78, 5) is 11.4. The Morgan fingerprint density at radius 3 is 2.12 bits per heavy atom.